The Morgan fingerprint density at radius 3 is 2.47 bits per heavy atom. The van der Waals surface area contributed by atoms with E-state index in [4.69, 9.17) is 16.3 Å². The summed E-state index contributed by atoms with van der Waals surface area (Å²) >= 11 is 7.92. The summed E-state index contributed by atoms with van der Waals surface area (Å²) < 4.78 is 6.17. The van der Waals surface area contributed by atoms with E-state index in [2.05, 4.69) is 38.4 Å². The number of rotatable bonds is 7. The molecule has 3 aromatic rings. The van der Waals surface area contributed by atoms with Crippen LogP contribution in [0.4, 0.5) is 0 Å². The van der Waals surface area contributed by atoms with Gasteiger partial charge in [-0.2, -0.15) is 5.10 Å². The monoisotopic (exact) mass is 561 g/mol. The van der Waals surface area contributed by atoms with Crippen molar-refractivity contribution in [1.82, 2.24) is 10.7 Å². The van der Waals surface area contributed by atoms with Gasteiger partial charge in [-0.1, -0.05) is 29.8 Å². The second kappa shape index (κ2) is 11.4. The first kappa shape index (κ1) is 23.4. The molecule has 2 N–H and O–H groups in total. The van der Waals surface area contributed by atoms with E-state index in [1.807, 2.05) is 12.1 Å². The standard InChI is InChI=1S/C23H17ClIN3O4/c24-17-5-3-4-16(12-17)22(30)26-14-21(29)28-27-13-15-8-10-18(11-9-15)32-23(31)19-6-1-2-7-20(19)25/h1-13H,14H2,(H,26,30)(H,28,29)/b27-13-. The maximum atomic E-state index is 12.2. The predicted octanol–water partition coefficient (Wildman–Crippen LogP) is 4.04. The van der Waals surface area contributed by atoms with Gasteiger partial charge in [-0.3, -0.25) is 9.59 Å². The minimum absolute atomic E-state index is 0.240. The summed E-state index contributed by atoms with van der Waals surface area (Å²) in [6, 6.07) is 20.2. The van der Waals surface area contributed by atoms with Crippen molar-refractivity contribution < 1.29 is 19.1 Å². The lowest BCUT2D eigenvalue weighted by Crippen LogP contribution is -2.34. The van der Waals surface area contributed by atoms with Gasteiger partial charge < -0.3 is 10.1 Å². The SMILES string of the molecule is O=C(CNC(=O)c1cccc(Cl)c1)N/N=C\c1ccc(OC(=O)c2ccccc2I)cc1. The van der Waals surface area contributed by atoms with Crippen LogP contribution < -0.4 is 15.5 Å². The number of halogens is 2. The van der Waals surface area contributed by atoms with Crippen LogP contribution in [0.3, 0.4) is 0 Å². The van der Waals surface area contributed by atoms with E-state index in [0.29, 0.717) is 27.5 Å². The molecule has 0 saturated heterocycles. The van der Waals surface area contributed by atoms with E-state index in [-0.39, 0.29) is 6.54 Å². The normalized spacial score (nSPS) is 10.6. The molecule has 3 aromatic carbocycles. The van der Waals surface area contributed by atoms with Crippen LogP contribution in [-0.2, 0) is 4.79 Å². The minimum atomic E-state index is -0.486. The van der Waals surface area contributed by atoms with Crippen molar-refractivity contribution in [2.45, 2.75) is 0 Å². The van der Waals surface area contributed by atoms with Gasteiger partial charge >= 0.3 is 5.97 Å². The van der Waals surface area contributed by atoms with Crippen molar-refractivity contribution in [1.29, 1.82) is 0 Å². The van der Waals surface area contributed by atoms with Crippen molar-refractivity contribution in [2.24, 2.45) is 5.10 Å². The van der Waals surface area contributed by atoms with Gasteiger partial charge in [0.25, 0.3) is 11.8 Å². The number of hydrogen-bond donors (Lipinski definition) is 2. The molecule has 32 heavy (non-hydrogen) atoms. The van der Waals surface area contributed by atoms with Gasteiger partial charge in [-0.25, -0.2) is 10.2 Å². The molecule has 3 rings (SSSR count). The number of hydrogen-bond acceptors (Lipinski definition) is 5. The molecule has 0 aromatic heterocycles. The zero-order chi connectivity index (χ0) is 22.9. The maximum absolute atomic E-state index is 12.2. The van der Waals surface area contributed by atoms with E-state index in [1.165, 1.54) is 12.3 Å². The third-order valence-electron chi connectivity index (χ3n) is 4.08. The molecule has 0 atom stereocenters. The number of carbonyl (C=O) groups excluding carboxylic acids is 3. The molecule has 0 aliphatic rings. The first-order valence-corrected chi connectivity index (χ1v) is 10.8. The summed E-state index contributed by atoms with van der Waals surface area (Å²) in [5, 5.41) is 6.77. The van der Waals surface area contributed by atoms with E-state index in [1.54, 1.807) is 54.6 Å². The quantitative estimate of drug-likeness (QED) is 0.150. The van der Waals surface area contributed by atoms with Crippen molar-refractivity contribution in [2.75, 3.05) is 6.54 Å². The number of benzene rings is 3. The lowest BCUT2D eigenvalue weighted by atomic mass is 10.2. The fourth-order valence-corrected chi connectivity index (χ4v) is 3.32. The number of esters is 1. The second-order valence-electron chi connectivity index (χ2n) is 6.42. The summed E-state index contributed by atoms with van der Waals surface area (Å²) in [6.45, 7) is -0.240. The van der Waals surface area contributed by atoms with Gasteiger partial charge in [0, 0.05) is 14.2 Å². The van der Waals surface area contributed by atoms with Crippen LogP contribution in [0.5, 0.6) is 5.75 Å². The molecule has 0 heterocycles. The number of nitrogens with zero attached hydrogens (tertiary/aromatic N) is 1. The van der Waals surface area contributed by atoms with Gasteiger partial charge in [-0.15, -0.1) is 0 Å². The number of ether oxygens (including phenoxy) is 1. The Balaban J connectivity index is 1.46. The van der Waals surface area contributed by atoms with Gasteiger partial charge in [0.2, 0.25) is 0 Å². The summed E-state index contributed by atoms with van der Waals surface area (Å²) in [6.07, 6.45) is 1.43. The van der Waals surface area contributed by atoms with Crippen molar-refractivity contribution in [3.8, 4) is 5.75 Å². The first-order valence-electron chi connectivity index (χ1n) is 9.35. The summed E-state index contributed by atoms with van der Waals surface area (Å²) in [7, 11) is 0. The molecule has 0 aliphatic carbocycles. The molecule has 0 unspecified atom stereocenters. The fraction of sp³-hybridized carbons (Fsp3) is 0.0435. The molecule has 0 spiro atoms. The lowest BCUT2D eigenvalue weighted by Gasteiger charge is -2.06. The summed E-state index contributed by atoms with van der Waals surface area (Å²) in [5.41, 5.74) is 3.86. The Labute approximate surface area is 202 Å². The van der Waals surface area contributed by atoms with Crippen LogP contribution in [0.2, 0.25) is 5.02 Å². The third kappa shape index (κ3) is 6.89. The van der Waals surface area contributed by atoms with Crippen LogP contribution >= 0.6 is 34.2 Å². The molecule has 0 radical (unpaired) electrons. The predicted molar refractivity (Wildman–Crippen MR) is 130 cm³/mol. The van der Waals surface area contributed by atoms with Gasteiger partial charge in [-0.05, 0) is 82.8 Å². The lowest BCUT2D eigenvalue weighted by molar-refractivity contribution is -0.120. The number of nitrogens with one attached hydrogen (secondary N) is 2. The van der Waals surface area contributed by atoms with E-state index < -0.39 is 17.8 Å². The highest BCUT2D eigenvalue weighted by Gasteiger charge is 2.11. The number of carbonyl (C=O) groups is 3. The third-order valence-corrected chi connectivity index (χ3v) is 5.26. The molecule has 7 nitrogen and oxygen atoms in total. The Hall–Kier alpha value is -3.24. The van der Waals surface area contributed by atoms with Gasteiger partial charge in [0.15, 0.2) is 0 Å². The van der Waals surface area contributed by atoms with Crippen LogP contribution in [0.15, 0.2) is 77.9 Å². The van der Waals surface area contributed by atoms with Crippen LogP contribution in [0, 0.1) is 3.57 Å². The Kier molecular flexibility index (Phi) is 8.34. The Morgan fingerprint density at radius 1 is 1.00 bits per heavy atom. The van der Waals surface area contributed by atoms with E-state index in [0.717, 1.165) is 3.57 Å². The highest BCUT2D eigenvalue weighted by atomic mass is 127. The maximum Gasteiger partial charge on any atom is 0.344 e. The Bertz CT molecular complexity index is 1170. The molecule has 9 heteroatoms. The van der Waals surface area contributed by atoms with Gasteiger partial charge in [0.05, 0.1) is 18.3 Å². The minimum Gasteiger partial charge on any atom is -0.423 e. The second-order valence-corrected chi connectivity index (χ2v) is 8.02. The van der Waals surface area contributed by atoms with Gasteiger partial charge in [0.1, 0.15) is 5.75 Å². The molecule has 0 saturated carbocycles. The van der Waals surface area contributed by atoms with Crippen molar-refractivity contribution in [3.05, 3.63) is 98.1 Å². The smallest absolute Gasteiger partial charge is 0.344 e. The average Bonchev–Trinajstić information content (AvgIpc) is 2.79. The number of hydrazone groups is 1. The Morgan fingerprint density at radius 2 is 1.75 bits per heavy atom. The molecule has 2 amide bonds. The zero-order valence-corrected chi connectivity index (χ0v) is 19.5. The molecule has 0 aliphatic heterocycles. The van der Waals surface area contributed by atoms with Crippen molar-refractivity contribution >= 4 is 58.2 Å². The molecular weight excluding hydrogens is 545 g/mol. The molecule has 0 bridgehead atoms. The largest absolute Gasteiger partial charge is 0.423 e. The molecular formula is C23H17ClIN3O4. The summed E-state index contributed by atoms with van der Waals surface area (Å²) in [4.78, 5) is 36.1. The molecule has 162 valence electrons. The van der Waals surface area contributed by atoms with Crippen LogP contribution in [0.25, 0.3) is 0 Å². The first-order chi connectivity index (χ1) is 15.4. The average molecular weight is 562 g/mol. The number of amides is 2. The van der Waals surface area contributed by atoms with Crippen LogP contribution in [-0.4, -0.2) is 30.5 Å². The van der Waals surface area contributed by atoms with Crippen LogP contribution in [0.1, 0.15) is 26.3 Å². The van der Waals surface area contributed by atoms with E-state index >= 15 is 0 Å². The highest BCUT2D eigenvalue weighted by Crippen LogP contribution is 2.17. The highest BCUT2D eigenvalue weighted by molar-refractivity contribution is 14.1. The summed E-state index contributed by atoms with van der Waals surface area (Å²) in [5.74, 6) is -0.954. The topological polar surface area (TPSA) is 96.9 Å². The molecule has 0 fully saturated rings. The zero-order valence-electron chi connectivity index (χ0n) is 16.5. The van der Waals surface area contributed by atoms with Crippen molar-refractivity contribution in [3.63, 3.8) is 0 Å². The van der Waals surface area contributed by atoms with E-state index in [9.17, 15) is 14.4 Å². The fourth-order valence-electron chi connectivity index (χ4n) is 2.52.